The minimum Gasteiger partial charge on any atom is -0.454 e. The van der Waals surface area contributed by atoms with E-state index in [1.807, 2.05) is 60.7 Å². The summed E-state index contributed by atoms with van der Waals surface area (Å²) in [7, 11) is 0. The summed E-state index contributed by atoms with van der Waals surface area (Å²) >= 11 is 0. The molecule has 63 heavy (non-hydrogen) atoms. The highest BCUT2D eigenvalue weighted by molar-refractivity contribution is 6.14. The van der Waals surface area contributed by atoms with Gasteiger partial charge in [-0.2, -0.15) is 0 Å². The van der Waals surface area contributed by atoms with Crippen molar-refractivity contribution in [2.24, 2.45) is 0 Å². The van der Waals surface area contributed by atoms with Gasteiger partial charge in [-0.05, 0) is 80.9 Å². The van der Waals surface area contributed by atoms with Gasteiger partial charge in [0.2, 0.25) is 0 Å². The van der Waals surface area contributed by atoms with E-state index in [0.717, 1.165) is 99.6 Å². The van der Waals surface area contributed by atoms with Crippen molar-refractivity contribution in [3.05, 3.63) is 212 Å². The van der Waals surface area contributed by atoms with Gasteiger partial charge < -0.3 is 4.42 Å². The first-order valence-electron chi connectivity index (χ1n) is 21.0. The zero-order valence-corrected chi connectivity index (χ0v) is 33.9. The Labute approximate surface area is 362 Å². The first-order valence-corrected chi connectivity index (χ1v) is 21.0. The van der Waals surface area contributed by atoms with Crippen LogP contribution in [0.1, 0.15) is 0 Å². The molecular formula is C57H35N5O. The summed E-state index contributed by atoms with van der Waals surface area (Å²) in [5.41, 5.74) is 16.7. The largest absolute Gasteiger partial charge is 0.454 e. The van der Waals surface area contributed by atoms with Crippen LogP contribution < -0.4 is 0 Å². The fraction of sp³-hybridized carbons (Fsp3) is 0. The van der Waals surface area contributed by atoms with Gasteiger partial charge >= 0.3 is 0 Å². The topological polar surface area (TPSA) is 77.6 Å². The monoisotopic (exact) mass is 805 g/mol. The molecule has 0 saturated heterocycles. The van der Waals surface area contributed by atoms with Gasteiger partial charge in [-0.3, -0.25) is 0 Å². The Hall–Kier alpha value is -8.61. The Morgan fingerprint density at radius 2 is 0.683 bits per heavy atom. The average Bonchev–Trinajstić information content (AvgIpc) is 3.76. The normalized spacial score (nSPS) is 11.5. The van der Waals surface area contributed by atoms with Crippen LogP contribution in [0, 0.1) is 0 Å². The number of para-hydroxylation sites is 1. The number of nitrogens with zero attached hydrogens (tertiary/aromatic N) is 5. The fourth-order valence-electron chi connectivity index (χ4n) is 8.44. The molecule has 12 rings (SSSR count). The van der Waals surface area contributed by atoms with E-state index >= 15 is 0 Å². The number of hydrogen-bond donors (Lipinski definition) is 0. The maximum Gasteiger partial charge on any atom is 0.164 e. The zero-order valence-electron chi connectivity index (χ0n) is 33.9. The van der Waals surface area contributed by atoms with Crippen LogP contribution in [0.25, 0.3) is 123 Å². The zero-order chi connectivity index (χ0) is 41.7. The van der Waals surface area contributed by atoms with Crippen LogP contribution in [-0.2, 0) is 0 Å². The number of furan rings is 1. The van der Waals surface area contributed by atoms with Crippen LogP contribution in [0.5, 0.6) is 0 Å². The molecule has 0 atom stereocenters. The smallest absolute Gasteiger partial charge is 0.164 e. The molecule has 0 spiro atoms. The third-order valence-corrected chi connectivity index (χ3v) is 11.8. The lowest BCUT2D eigenvalue weighted by Gasteiger charge is -2.10. The lowest BCUT2D eigenvalue weighted by Crippen LogP contribution is -2.00. The number of fused-ring (bicyclic) bond motifs is 6. The molecule has 0 aliphatic carbocycles. The predicted molar refractivity (Wildman–Crippen MR) is 256 cm³/mol. The summed E-state index contributed by atoms with van der Waals surface area (Å²) < 4.78 is 6.28. The molecule has 0 aliphatic heterocycles. The number of hydrogen-bond acceptors (Lipinski definition) is 6. The first-order chi connectivity index (χ1) is 31.2. The molecule has 6 heteroatoms. The summed E-state index contributed by atoms with van der Waals surface area (Å²) in [6.07, 6.45) is 0. The summed E-state index contributed by atoms with van der Waals surface area (Å²) in [5.74, 6) is 1.90. The highest BCUT2D eigenvalue weighted by atomic mass is 16.3. The first kappa shape index (κ1) is 36.3. The molecule has 6 nitrogen and oxygen atoms in total. The van der Waals surface area contributed by atoms with Crippen LogP contribution >= 0.6 is 0 Å². The van der Waals surface area contributed by atoms with E-state index < -0.39 is 0 Å². The van der Waals surface area contributed by atoms with E-state index in [-0.39, 0.29) is 0 Å². The van der Waals surface area contributed by atoms with Gasteiger partial charge in [0.05, 0.1) is 16.6 Å². The molecular weight excluding hydrogens is 771 g/mol. The predicted octanol–water partition coefficient (Wildman–Crippen LogP) is 14.5. The Kier molecular flexibility index (Phi) is 8.71. The molecule has 0 unspecified atom stereocenters. The molecule has 3 aromatic heterocycles. The second-order valence-corrected chi connectivity index (χ2v) is 15.7. The van der Waals surface area contributed by atoms with E-state index in [9.17, 15) is 0 Å². The van der Waals surface area contributed by atoms with Crippen LogP contribution in [0.4, 0.5) is 0 Å². The maximum atomic E-state index is 6.28. The number of rotatable bonds is 7. The Morgan fingerprint density at radius 3 is 1.29 bits per heavy atom. The molecule has 12 aromatic rings. The van der Waals surface area contributed by atoms with Crippen molar-refractivity contribution in [1.29, 1.82) is 0 Å². The Bertz CT molecular complexity index is 3640. The van der Waals surface area contributed by atoms with E-state index in [0.29, 0.717) is 17.5 Å². The van der Waals surface area contributed by atoms with Crippen LogP contribution in [0.2, 0.25) is 0 Å². The van der Waals surface area contributed by atoms with Crippen molar-refractivity contribution < 1.29 is 4.42 Å². The van der Waals surface area contributed by atoms with Gasteiger partial charge in [-0.15, -0.1) is 0 Å². The van der Waals surface area contributed by atoms with E-state index in [4.69, 9.17) is 29.3 Å². The SMILES string of the molecule is c1ccc(-c2ccc(-c3nc(-c4ccccc4)nc(-c4ccc(-c5cccc(-c6ccc(-c7ccc8nc9ccc%10c%11ccccc%11oc%10c9nc8c7)cc6)c5)cc4)n3)cc2)cc1. The molecule has 0 bridgehead atoms. The van der Waals surface area contributed by atoms with Gasteiger partial charge in [0.1, 0.15) is 11.1 Å². The third kappa shape index (κ3) is 6.76. The quantitative estimate of drug-likeness (QED) is 0.149. The van der Waals surface area contributed by atoms with Crippen molar-refractivity contribution in [3.8, 4) is 78.7 Å². The van der Waals surface area contributed by atoms with Crippen molar-refractivity contribution in [3.63, 3.8) is 0 Å². The van der Waals surface area contributed by atoms with Crippen LogP contribution in [0.3, 0.4) is 0 Å². The highest BCUT2D eigenvalue weighted by Gasteiger charge is 2.15. The minimum absolute atomic E-state index is 0.627. The molecule has 0 aliphatic rings. The minimum atomic E-state index is 0.627. The van der Waals surface area contributed by atoms with Crippen molar-refractivity contribution in [2.45, 2.75) is 0 Å². The lowest BCUT2D eigenvalue weighted by atomic mass is 9.96. The molecule has 0 radical (unpaired) electrons. The third-order valence-electron chi connectivity index (χ3n) is 11.8. The Balaban J connectivity index is 0.820. The van der Waals surface area contributed by atoms with Crippen LogP contribution in [0.15, 0.2) is 217 Å². The second-order valence-electron chi connectivity index (χ2n) is 15.7. The van der Waals surface area contributed by atoms with Crippen molar-refractivity contribution in [1.82, 2.24) is 24.9 Å². The van der Waals surface area contributed by atoms with Crippen molar-refractivity contribution in [2.75, 3.05) is 0 Å². The van der Waals surface area contributed by atoms with Gasteiger partial charge in [-0.25, -0.2) is 24.9 Å². The number of aromatic nitrogens is 5. The molecule has 0 fully saturated rings. The van der Waals surface area contributed by atoms with E-state index in [1.54, 1.807) is 0 Å². The van der Waals surface area contributed by atoms with Crippen LogP contribution in [-0.4, -0.2) is 24.9 Å². The van der Waals surface area contributed by atoms with Gasteiger partial charge in [0.25, 0.3) is 0 Å². The molecule has 0 amide bonds. The standard InChI is InChI=1S/C57H35N5O/c1-3-10-36(11-4-1)37-22-26-42(27-23-37)56-60-55(41-12-5-2-6-13-41)61-57(62-56)43-28-24-39(25-29-43)45-15-9-14-44(34-45)38-18-20-40(21-19-38)46-30-32-49-51(35-46)59-53-50(58-49)33-31-48-47-16-7-8-17-52(47)63-54(48)53/h1-35H. The fourth-order valence-corrected chi connectivity index (χ4v) is 8.44. The summed E-state index contributed by atoms with van der Waals surface area (Å²) in [6.45, 7) is 0. The van der Waals surface area contributed by atoms with Gasteiger partial charge in [0.15, 0.2) is 23.1 Å². The van der Waals surface area contributed by atoms with E-state index in [2.05, 4.69) is 152 Å². The summed E-state index contributed by atoms with van der Waals surface area (Å²) in [5, 5.41) is 2.13. The van der Waals surface area contributed by atoms with Crippen molar-refractivity contribution >= 4 is 44.0 Å². The van der Waals surface area contributed by atoms with Gasteiger partial charge in [0, 0.05) is 27.5 Å². The molecule has 0 saturated carbocycles. The number of benzene rings is 9. The summed E-state index contributed by atoms with van der Waals surface area (Å²) in [4.78, 5) is 24.9. The average molecular weight is 806 g/mol. The summed E-state index contributed by atoms with van der Waals surface area (Å²) in [6, 6.07) is 73.2. The molecule has 0 N–H and O–H groups in total. The molecule has 294 valence electrons. The van der Waals surface area contributed by atoms with E-state index in [1.165, 1.54) is 5.56 Å². The lowest BCUT2D eigenvalue weighted by molar-refractivity contribution is 0.671. The van der Waals surface area contributed by atoms with Gasteiger partial charge in [-0.1, -0.05) is 176 Å². The second kappa shape index (κ2) is 15.1. The maximum absolute atomic E-state index is 6.28. The highest BCUT2D eigenvalue weighted by Crippen LogP contribution is 2.35. The Morgan fingerprint density at radius 1 is 0.254 bits per heavy atom. The molecule has 9 aromatic carbocycles. The molecule has 3 heterocycles.